The van der Waals surface area contributed by atoms with Gasteiger partial charge in [0.15, 0.2) is 0 Å². The topological polar surface area (TPSA) is 80.3 Å². The Hall–Kier alpha value is 0.720. The quantitative estimate of drug-likeness (QED) is 0.470. The summed E-state index contributed by atoms with van der Waals surface area (Å²) < 4.78 is 63.4. The van der Waals surface area contributed by atoms with Crippen molar-refractivity contribution < 1.29 is 25.1 Å². The second-order valence-electron chi connectivity index (χ2n) is 1.53. The molecule has 0 rings (SSSR count). The van der Waals surface area contributed by atoms with Gasteiger partial charge in [0.25, 0.3) is 0 Å². The van der Waals surface area contributed by atoms with Crippen molar-refractivity contribution in [1.29, 1.82) is 0 Å². The van der Waals surface area contributed by atoms with E-state index in [1.165, 1.54) is 0 Å². The number of hydrogen-bond donors (Lipinski definition) is 1. The van der Waals surface area contributed by atoms with E-state index in [2.05, 4.69) is 0 Å². The molecular weight excluding hydrogens is 227 g/mol. The number of rotatable bonds is 4. The molecule has 0 atom stereocenters. The second-order valence-corrected chi connectivity index (χ2v) is 4.71. The molecule has 12 heavy (non-hydrogen) atoms. The first-order valence-electron chi connectivity index (χ1n) is 2.29. The Labute approximate surface area is 91.2 Å². The third-order valence-electron chi connectivity index (χ3n) is 0.572. The predicted octanol–water partition coefficient (Wildman–Crippen LogP) is -1.56. The van der Waals surface area contributed by atoms with E-state index in [0.717, 1.165) is 0 Å². The first kappa shape index (κ1) is 15.2. The molecule has 0 saturated carbocycles. The number of hydrogen-bond acceptors (Lipinski definition) is 4. The molecule has 0 spiro atoms. The van der Waals surface area contributed by atoms with E-state index in [1.807, 2.05) is 0 Å². The third-order valence-corrected chi connectivity index (χ3v) is 3.08. The Kier molecular flexibility index (Phi) is 6.91. The standard InChI is InChI=1S/C2H5F2NO4S2.Na.H/c3-1-2-10(6,7)5-11(4,8)9;;/h5H,1-2H2;;. The van der Waals surface area contributed by atoms with Crippen LogP contribution in [0.5, 0.6) is 0 Å². The molecule has 0 unspecified atom stereocenters. The van der Waals surface area contributed by atoms with Crippen molar-refractivity contribution in [2.24, 2.45) is 0 Å². The molecule has 0 aliphatic heterocycles. The van der Waals surface area contributed by atoms with Gasteiger partial charge < -0.3 is 0 Å². The molecule has 0 fully saturated rings. The van der Waals surface area contributed by atoms with Gasteiger partial charge in [-0.05, 0) is 0 Å². The summed E-state index contributed by atoms with van der Waals surface area (Å²) in [5, 5.41) is 0. The van der Waals surface area contributed by atoms with Crippen molar-refractivity contribution in [3.05, 3.63) is 0 Å². The van der Waals surface area contributed by atoms with E-state index in [4.69, 9.17) is 0 Å². The van der Waals surface area contributed by atoms with Gasteiger partial charge in [-0.15, -0.1) is 0 Å². The van der Waals surface area contributed by atoms with Crippen molar-refractivity contribution in [3.8, 4) is 0 Å². The van der Waals surface area contributed by atoms with Crippen molar-refractivity contribution in [1.82, 2.24) is 4.13 Å². The summed E-state index contributed by atoms with van der Waals surface area (Å²) in [5.41, 5.74) is 0. The summed E-state index contributed by atoms with van der Waals surface area (Å²) in [7, 11) is -9.69. The van der Waals surface area contributed by atoms with Gasteiger partial charge >= 0.3 is 40.0 Å². The van der Waals surface area contributed by atoms with E-state index in [-0.39, 0.29) is 29.6 Å². The molecule has 5 nitrogen and oxygen atoms in total. The van der Waals surface area contributed by atoms with Gasteiger partial charge in [-0.3, -0.25) is 0 Å². The molecule has 0 amide bonds. The van der Waals surface area contributed by atoms with Gasteiger partial charge in [-0.2, -0.15) is 8.42 Å². The zero-order chi connectivity index (χ0) is 9.12. The predicted molar refractivity (Wildman–Crippen MR) is 40.1 cm³/mol. The summed E-state index contributed by atoms with van der Waals surface area (Å²) in [5.74, 6) is -1.07. The van der Waals surface area contributed by atoms with Gasteiger partial charge in [-0.25, -0.2) is 12.8 Å². The fraction of sp³-hybridized carbons (Fsp3) is 1.00. The molecular formula is C2H6F2NNaO4S2. The second kappa shape index (κ2) is 5.45. The fourth-order valence-corrected chi connectivity index (χ4v) is 2.04. The number of halogens is 2. The van der Waals surface area contributed by atoms with E-state index in [9.17, 15) is 25.1 Å². The molecule has 0 aliphatic rings. The van der Waals surface area contributed by atoms with Crippen molar-refractivity contribution >= 4 is 50.0 Å². The summed E-state index contributed by atoms with van der Waals surface area (Å²) >= 11 is 0. The Balaban J connectivity index is 0. The van der Waals surface area contributed by atoms with Gasteiger partial charge in [0, 0.05) is 0 Å². The van der Waals surface area contributed by atoms with Gasteiger partial charge in [0.2, 0.25) is 10.0 Å². The van der Waals surface area contributed by atoms with Crippen LogP contribution < -0.4 is 4.13 Å². The maximum atomic E-state index is 11.6. The Bertz CT molecular complexity index is 310. The zero-order valence-corrected chi connectivity index (χ0v) is 6.75. The average molecular weight is 233 g/mol. The number of nitrogens with one attached hydrogen (secondary N) is 1. The molecule has 0 saturated heterocycles. The fourth-order valence-electron chi connectivity index (χ4n) is 0.295. The summed E-state index contributed by atoms with van der Waals surface area (Å²) in [6.07, 6.45) is 0. The molecule has 1 N–H and O–H groups in total. The third kappa shape index (κ3) is 8.81. The van der Waals surface area contributed by atoms with Crippen molar-refractivity contribution in [3.63, 3.8) is 0 Å². The number of sulfonamides is 1. The summed E-state index contributed by atoms with van der Waals surface area (Å²) in [4.78, 5) is 0. The van der Waals surface area contributed by atoms with E-state index < -0.39 is 32.9 Å². The SMILES string of the molecule is O=S(=O)(F)NS(=O)(=O)CCF.[NaH]. The zero-order valence-electron chi connectivity index (χ0n) is 5.12. The van der Waals surface area contributed by atoms with Crippen LogP contribution in [0.15, 0.2) is 0 Å². The van der Waals surface area contributed by atoms with Crippen molar-refractivity contribution in [2.75, 3.05) is 12.4 Å². The van der Waals surface area contributed by atoms with Crippen LogP contribution >= 0.6 is 0 Å². The van der Waals surface area contributed by atoms with E-state index >= 15 is 0 Å². The van der Waals surface area contributed by atoms with Crippen LogP contribution in [0.2, 0.25) is 0 Å². The number of alkyl halides is 1. The molecule has 0 aromatic carbocycles. The monoisotopic (exact) mass is 233 g/mol. The van der Waals surface area contributed by atoms with E-state index in [1.54, 1.807) is 0 Å². The van der Waals surface area contributed by atoms with Crippen molar-refractivity contribution in [2.45, 2.75) is 0 Å². The molecule has 0 aliphatic carbocycles. The molecule has 0 bridgehead atoms. The molecule has 0 heterocycles. The minimum atomic E-state index is -5.31. The Morgan fingerprint density at radius 2 is 1.58 bits per heavy atom. The molecule has 0 aromatic rings. The Morgan fingerprint density at radius 1 is 1.17 bits per heavy atom. The van der Waals surface area contributed by atoms with Crippen LogP contribution in [-0.4, -0.2) is 58.8 Å². The molecule has 70 valence electrons. The minimum absolute atomic E-state index is 0. The van der Waals surface area contributed by atoms with E-state index in [0.29, 0.717) is 4.13 Å². The van der Waals surface area contributed by atoms with Crippen LogP contribution in [0.25, 0.3) is 0 Å². The maximum absolute atomic E-state index is 11.6. The van der Waals surface area contributed by atoms with Crippen LogP contribution in [-0.2, 0) is 20.4 Å². The normalized spacial score (nSPS) is 12.2. The van der Waals surface area contributed by atoms with Crippen LogP contribution in [0, 0.1) is 0 Å². The average Bonchev–Trinajstić information content (AvgIpc) is 1.55. The van der Waals surface area contributed by atoms with Crippen LogP contribution in [0.4, 0.5) is 8.28 Å². The first-order valence-corrected chi connectivity index (χ1v) is 5.32. The Morgan fingerprint density at radius 3 is 1.83 bits per heavy atom. The summed E-state index contributed by atoms with van der Waals surface area (Å²) in [6.45, 7) is -1.27. The van der Waals surface area contributed by atoms with Gasteiger partial charge in [-0.1, -0.05) is 8.01 Å². The van der Waals surface area contributed by atoms with Gasteiger partial charge in [0.05, 0.1) is 5.75 Å². The van der Waals surface area contributed by atoms with Crippen LogP contribution in [0.3, 0.4) is 0 Å². The first-order chi connectivity index (χ1) is 4.77. The van der Waals surface area contributed by atoms with Gasteiger partial charge in [0.1, 0.15) is 6.67 Å². The molecule has 0 radical (unpaired) electrons. The summed E-state index contributed by atoms with van der Waals surface area (Å²) in [6, 6.07) is 0. The molecule has 10 heteroatoms. The van der Waals surface area contributed by atoms with Crippen LogP contribution in [0.1, 0.15) is 0 Å². The molecule has 0 aromatic heterocycles.